The van der Waals surface area contributed by atoms with E-state index in [1.165, 1.54) is 11.0 Å². The lowest BCUT2D eigenvalue weighted by Gasteiger charge is -2.22. The summed E-state index contributed by atoms with van der Waals surface area (Å²) in [6, 6.07) is 6.83. The number of rotatable bonds is 6. The first-order valence-electron chi connectivity index (χ1n) is 6.10. The highest BCUT2D eigenvalue weighted by Gasteiger charge is 2.16. The second-order valence-electron chi connectivity index (χ2n) is 4.40. The van der Waals surface area contributed by atoms with Gasteiger partial charge in [0.2, 0.25) is 0 Å². The van der Waals surface area contributed by atoms with Crippen LogP contribution in [0.4, 0.5) is 16.2 Å². The standard InChI is InChI=1S/C14H19N3O3/c1-4-9-17(10-13(18)19)14(20)15-11-7-5-6-8-12(11)16(2)3/h4-8H,1,9-10H2,2-3H3,(H,15,20)(H,18,19). The average Bonchev–Trinajstić information content (AvgIpc) is 2.38. The van der Waals surface area contributed by atoms with E-state index in [4.69, 9.17) is 5.11 Å². The number of amides is 2. The number of para-hydroxylation sites is 2. The van der Waals surface area contributed by atoms with Crippen LogP contribution >= 0.6 is 0 Å². The molecule has 0 saturated carbocycles. The molecule has 1 rings (SSSR count). The Labute approximate surface area is 118 Å². The van der Waals surface area contributed by atoms with Gasteiger partial charge in [0, 0.05) is 20.6 Å². The minimum Gasteiger partial charge on any atom is -0.480 e. The molecular formula is C14H19N3O3. The topological polar surface area (TPSA) is 72.9 Å². The van der Waals surface area contributed by atoms with Crippen molar-refractivity contribution < 1.29 is 14.7 Å². The normalized spacial score (nSPS) is 9.70. The smallest absolute Gasteiger partial charge is 0.323 e. The van der Waals surface area contributed by atoms with Crippen LogP contribution in [0.2, 0.25) is 0 Å². The molecule has 0 radical (unpaired) electrons. The lowest BCUT2D eigenvalue weighted by molar-refractivity contribution is -0.137. The van der Waals surface area contributed by atoms with Crippen LogP contribution in [0.5, 0.6) is 0 Å². The highest BCUT2D eigenvalue weighted by atomic mass is 16.4. The zero-order valence-corrected chi connectivity index (χ0v) is 11.7. The third kappa shape index (κ3) is 4.31. The molecule has 20 heavy (non-hydrogen) atoms. The van der Waals surface area contributed by atoms with E-state index < -0.39 is 12.0 Å². The number of nitrogens with zero attached hydrogens (tertiary/aromatic N) is 2. The molecule has 0 heterocycles. The molecule has 0 unspecified atom stereocenters. The van der Waals surface area contributed by atoms with Gasteiger partial charge in [-0.15, -0.1) is 6.58 Å². The molecule has 1 aromatic rings. The van der Waals surface area contributed by atoms with Crippen LogP contribution in [0.15, 0.2) is 36.9 Å². The van der Waals surface area contributed by atoms with Crippen molar-refractivity contribution in [3.8, 4) is 0 Å². The fourth-order valence-corrected chi connectivity index (χ4v) is 1.70. The summed E-state index contributed by atoms with van der Waals surface area (Å²) >= 11 is 0. The van der Waals surface area contributed by atoms with Gasteiger partial charge in [-0.1, -0.05) is 18.2 Å². The van der Waals surface area contributed by atoms with Gasteiger partial charge in [-0.05, 0) is 12.1 Å². The fraction of sp³-hybridized carbons (Fsp3) is 0.286. The Balaban J connectivity index is 2.87. The summed E-state index contributed by atoms with van der Waals surface area (Å²) in [5.41, 5.74) is 1.47. The first-order valence-corrected chi connectivity index (χ1v) is 6.10. The summed E-state index contributed by atoms with van der Waals surface area (Å²) in [4.78, 5) is 25.9. The molecule has 0 aliphatic heterocycles. The molecule has 0 spiro atoms. The van der Waals surface area contributed by atoms with Gasteiger partial charge in [-0.2, -0.15) is 0 Å². The molecule has 0 fully saturated rings. The van der Waals surface area contributed by atoms with Crippen molar-refractivity contribution in [2.24, 2.45) is 0 Å². The molecule has 0 aromatic heterocycles. The van der Waals surface area contributed by atoms with Gasteiger partial charge >= 0.3 is 12.0 Å². The van der Waals surface area contributed by atoms with E-state index in [0.717, 1.165) is 5.69 Å². The summed E-state index contributed by atoms with van der Waals surface area (Å²) < 4.78 is 0. The summed E-state index contributed by atoms with van der Waals surface area (Å²) in [7, 11) is 3.73. The maximum Gasteiger partial charge on any atom is 0.323 e. The number of benzene rings is 1. The van der Waals surface area contributed by atoms with E-state index in [-0.39, 0.29) is 13.1 Å². The zero-order valence-electron chi connectivity index (χ0n) is 11.7. The number of hydrogen-bond acceptors (Lipinski definition) is 3. The molecule has 0 aliphatic rings. The summed E-state index contributed by atoms with van der Waals surface area (Å²) in [5.74, 6) is -1.07. The molecule has 0 bridgehead atoms. The minimum atomic E-state index is -1.07. The second kappa shape index (κ2) is 7.18. The van der Waals surface area contributed by atoms with Crippen molar-refractivity contribution in [3.63, 3.8) is 0 Å². The molecule has 0 atom stereocenters. The van der Waals surface area contributed by atoms with Gasteiger partial charge in [0.1, 0.15) is 6.54 Å². The Hall–Kier alpha value is -2.50. The molecule has 0 aliphatic carbocycles. The van der Waals surface area contributed by atoms with Crippen molar-refractivity contribution in [2.75, 3.05) is 37.4 Å². The van der Waals surface area contributed by atoms with E-state index >= 15 is 0 Å². The fourth-order valence-electron chi connectivity index (χ4n) is 1.70. The number of urea groups is 1. The predicted octanol–water partition coefficient (Wildman–Crippen LogP) is 1.86. The molecule has 6 nitrogen and oxygen atoms in total. The SMILES string of the molecule is C=CCN(CC(=O)O)C(=O)Nc1ccccc1N(C)C. The second-order valence-corrected chi connectivity index (χ2v) is 4.40. The zero-order chi connectivity index (χ0) is 15.1. The quantitative estimate of drug-likeness (QED) is 0.778. The first kappa shape index (κ1) is 15.6. The first-order chi connectivity index (χ1) is 9.45. The number of carbonyl (C=O) groups is 2. The number of hydrogen-bond donors (Lipinski definition) is 2. The van der Waals surface area contributed by atoms with Gasteiger partial charge in [0.05, 0.1) is 11.4 Å². The van der Waals surface area contributed by atoms with Crippen molar-refractivity contribution in [3.05, 3.63) is 36.9 Å². The Bertz CT molecular complexity index is 500. The Morgan fingerprint density at radius 1 is 1.35 bits per heavy atom. The summed E-state index contributed by atoms with van der Waals surface area (Å²) in [5, 5.41) is 11.5. The Morgan fingerprint density at radius 2 is 2.00 bits per heavy atom. The molecule has 2 amide bonds. The predicted molar refractivity (Wildman–Crippen MR) is 79.2 cm³/mol. The Kier molecular flexibility index (Phi) is 5.58. The molecule has 1 aromatic carbocycles. The van der Waals surface area contributed by atoms with Gasteiger partial charge < -0.3 is 20.2 Å². The number of carboxylic acid groups (broad SMARTS) is 1. The molecule has 6 heteroatoms. The van der Waals surface area contributed by atoms with Crippen molar-refractivity contribution in [1.29, 1.82) is 0 Å². The van der Waals surface area contributed by atoms with Gasteiger partial charge in [-0.25, -0.2) is 4.79 Å². The van der Waals surface area contributed by atoms with Crippen LogP contribution in [-0.4, -0.2) is 49.2 Å². The maximum absolute atomic E-state index is 12.1. The van der Waals surface area contributed by atoms with E-state index in [1.54, 1.807) is 12.1 Å². The highest BCUT2D eigenvalue weighted by Crippen LogP contribution is 2.23. The molecule has 0 saturated heterocycles. The Morgan fingerprint density at radius 3 is 2.55 bits per heavy atom. The number of carbonyl (C=O) groups excluding carboxylic acids is 1. The summed E-state index contributed by atoms with van der Waals surface area (Å²) in [6.45, 7) is 3.32. The highest BCUT2D eigenvalue weighted by molar-refractivity contribution is 5.94. The molecule has 2 N–H and O–H groups in total. The molecule has 108 valence electrons. The number of aliphatic carboxylic acids is 1. The van der Waals surface area contributed by atoms with Crippen molar-refractivity contribution in [2.45, 2.75) is 0 Å². The number of nitrogens with one attached hydrogen (secondary N) is 1. The monoisotopic (exact) mass is 277 g/mol. The third-order valence-electron chi connectivity index (χ3n) is 2.59. The lowest BCUT2D eigenvalue weighted by Crippen LogP contribution is -2.39. The van der Waals surface area contributed by atoms with E-state index in [9.17, 15) is 9.59 Å². The average molecular weight is 277 g/mol. The summed E-state index contributed by atoms with van der Waals surface area (Å²) in [6.07, 6.45) is 1.49. The molecular weight excluding hydrogens is 258 g/mol. The van der Waals surface area contributed by atoms with E-state index in [0.29, 0.717) is 5.69 Å². The minimum absolute atomic E-state index is 0.169. The van der Waals surface area contributed by atoms with Crippen LogP contribution in [0, 0.1) is 0 Å². The van der Waals surface area contributed by atoms with E-state index in [1.807, 2.05) is 31.1 Å². The van der Waals surface area contributed by atoms with Crippen molar-refractivity contribution >= 4 is 23.4 Å². The largest absolute Gasteiger partial charge is 0.480 e. The van der Waals surface area contributed by atoms with Crippen LogP contribution < -0.4 is 10.2 Å². The number of carboxylic acids is 1. The van der Waals surface area contributed by atoms with Gasteiger partial charge in [0.15, 0.2) is 0 Å². The van der Waals surface area contributed by atoms with Crippen LogP contribution in [-0.2, 0) is 4.79 Å². The number of anilines is 2. The van der Waals surface area contributed by atoms with Crippen LogP contribution in [0.25, 0.3) is 0 Å². The van der Waals surface area contributed by atoms with Crippen molar-refractivity contribution in [1.82, 2.24) is 4.90 Å². The third-order valence-corrected chi connectivity index (χ3v) is 2.59. The maximum atomic E-state index is 12.1. The van der Waals surface area contributed by atoms with Crippen LogP contribution in [0.1, 0.15) is 0 Å². The van der Waals surface area contributed by atoms with Crippen LogP contribution in [0.3, 0.4) is 0 Å². The van der Waals surface area contributed by atoms with Gasteiger partial charge in [-0.3, -0.25) is 4.79 Å². The van der Waals surface area contributed by atoms with Gasteiger partial charge in [0.25, 0.3) is 0 Å². The van der Waals surface area contributed by atoms with E-state index in [2.05, 4.69) is 11.9 Å². The lowest BCUT2D eigenvalue weighted by atomic mass is 10.2.